The standard InChI is InChI=1S/C41H43N5O5S/c42-35-10-3-4-11-36(35)46-39(49)13-6-5-12-38(48)45-25-32-8-1-2-9-34(32)29-18-20-31(21-19-29)40-50-33(27-52-41-43-22-7-23-44-41)24-37(51-40)30-16-14-28(26-47)15-17-30/h1-4,7-11,14-23,33,37,40,47H,5-6,12-13,24-27,42H2,(H,45,48)(H,46,49)/t33-,37+,40+/m0/s1. The van der Waals surface area contributed by atoms with Crippen LogP contribution in [0.15, 0.2) is 121 Å². The van der Waals surface area contributed by atoms with Crippen LogP contribution in [0.25, 0.3) is 11.1 Å². The fourth-order valence-corrected chi connectivity index (χ4v) is 6.82. The van der Waals surface area contributed by atoms with Gasteiger partial charge in [0.05, 0.1) is 30.2 Å². The summed E-state index contributed by atoms with van der Waals surface area (Å²) in [4.78, 5) is 33.7. The Labute approximate surface area is 308 Å². The molecule has 4 aromatic carbocycles. The summed E-state index contributed by atoms with van der Waals surface area (Å²) in [6.07, 6.45) is 5.12. The maximum atomic E-state index is 12.7. The fraction of sp³-hybridized carbons (Fsp3) is 0.268. The normalized spacial score (nSPS) is 17.0. The lowest BCUT2D eigenvalue weighted by Gasteiger charge is -2.36. The predicted octanol–water partition coefficient (Wildman–Crippen LogP) is 7.37. The van der Waals surface area contributed by atoms with Gasteiger partial charge < -0.3 is 30.9 Å². The molecule has 10 nitrogen and oxygen atoms in total. The minimum atomic E-state index is -0.579. The number of ether oxygens (including phenoxy) is 2. The van der Waals surface area contributed by atoms with Crippen molar-refractivity contribution in [1.82, 2.24) is 15.3 Å². The number of carbonyl (C=O) groups is 2. The first-order valence-electron chi connectivity index (χ1n) is 17.4. The Morgan fingerprint density at radius 1 is 0.808 bits per heavy atom. The maximum absolute atomic E-state index is 12.7. The number of amides is 2. The second kappa shape index (κ2) is 18.4. The van der Waals surface area contributed by atoms with E-state index in [9.17, 15) is 14.7 Å². The minimum absolute atomic E-state index is 0.0102. The monoisotopic (exact) mass is 717 g/mol. The quantitative estimate of drug-likeness (QED) is 0.0377. The van der Waals surface area contributed by atoms with E-state index in [4.69, 9.17) is 15.2 Å². The van der Waals surface area contributed by atoms with Gasteiger partial charge in [-0.2, -0.15) is 0 Å². The molecule has 0 spiro atoms. The summed E-state index contributed by atoms with van der Waals surface area (Å²) in [7, 11) is 0. The van der Waals surface area contributed by atoms with E-state index in [2.05, 4.69) is 32.7 Å². The number of aromatic nitrogens is 2. The second-order valence-corrected chi connectivity index (χ2v) is 13.6. The number of anilines is 2. The molecule has 1 aliphatic rings. The lowest BCUT2D eigenvalue weighted by atomic mass is 9.97. The summed E-state index contributed by atoms with van der Waals surface area (Å²) in [5, 5.41) is 16.1. The average molecular weight is 718 g/mol. The topological polar surface area (TPSA) is 149 Å². The molecule has 1 aliphatic heterocycles. The van der Waals surface area contributed by atoms with Crippen LogP contribution in [0.3, 0.4) is 0 Å². The maximum Gasteiger partial charge on any atom is 0.224 e. The highest BCUT2D eigenvalue weighted by Crippen LogP contribution is 2.39. The molecule has 2 amide bonds. The molecule has 2 heterocycles. The lowest BCUT2D eigenvalue weighted by Crippen LogP contribution is -2.31. The van der Waals surface area contributed by atoms with E-state index in [1.807, 2.05) is 72.8 Å². The van der Waals surface area contributed by atoms with Crippen LogP contribution in [-0.4, -0.2) is 38.7 Å². The molecule has 0 unspecified atom stereocenters. The Balaban J connectivity index is 1.05. The number of hydrogen-bond donors (Lipinski definition) is 4. The van der Waals surface area contributed by atoms with Gasteiger partial charge in [-0.1, -0.05) is 96.7 Å². The average Bonchev–Trinajstić information content (AvgIpc) is 3.19. The summed E-state index contributed by atoms with van der Waals surface area (Å²) >= 11 is 1.56. The van der Waals surface area contributed by atoms with E-state index in [1.54, 1.807) is 42.4 Å². The first kappa shape index (κ1) is 36.7. The third kappa shape index (κ3) is 10.3. The zero-order valence-electron chi connectivity index (χ0n) is 28.8. The van der Waals surface area contributed by atoms with Crippen molar-refractivity contribution in [1.29, 1.82) is 0 Å². The molecule has 52 heavy (non-hydrogen) atoms. The molecule has 5 aromatic rings. The van der Waals surface area contributed by atoms with Crippen LogP contribution in [0.1, 0.15) is 66.8 Å². The molecule has 3 atom stereocenters. The fourth-order valence-electron chi connectivity index (χ4n) is 6.00. The molecule has 0 aliphatic carbocycles. The smallest absolute Gasteiger partial charge is 0.224 e. The molecule has 268 valence electrons. The molecule has 0 bridgehead atoms. The van der Waals surface area contributed by atoms with Crippen LogP contribution in [0, 0.1) is 0 Å². The van der Waals surface area contributed by atoms with Gasteiger partial charge in [0, 0.05) is 49.5 Å². The van der Waals surface area contributed by atoms with Crippen molar-refractivity contribution in [2.75, 3.05) is 16.8 Å². The molecular formula is C41H43N5O5S. The van der Waals surface area contributed by atoms with Crippen molar-refractivity contribution in [3.8, 4) is 11.1 Å². The van der Waals surface area contributed by atoms with Gasteiger partial charge in [0.2, 0.25) is 11.8 Å². The third-order valence-corrected chi connectivity index (χ3v) is 9.84. The van der Waals surface area contributed by atoms with Crippen LogP contribution in [0.5, 0.6) is 0 Å². The number of benzene rings is 4. The van der Waals surface area contributed by atoms with Gasteiger partial charge >= 0.3 is 0 Å². The number of para-hydroxylation sites is 2. The Morgan fingerprint density at radius 2 is 1.50 bits per heavy atom. The minimum Gasteiger partial charge on any atom is -0.397 e. The zero-order chi connectivity index (χ0) is 36.1. The predicted molar refractivity (Wildman–Crippen MR) is 203 cm³/mol. The molecule has 6 rings (SSSR count). The largest absolute Gasteiger partial charge is 0.397 e. The van der Waals surface area contributed by atoms with Crippen molar-refractivity contribution >= 4 is 35.0 Å². The van der Waals surface area contributed by atoms with Crippen LogP contribution < -0.4 is 16.4 Å². The lowest BCUT2D eigenvalue weighted by molar-refractivity contribution is -0.245. The number of hydrogen-bond acceptors (Lipinski definition) is 9. The van der Waals surface area contributed by atoms with Crippen molar-refractivity contribution in [3.05, 3.63) is 138 Å². The number of unbranched alkanes of at least 4 members (excludes halogenated alkanes) is 1. The number of aliphatic hydroxyl groups excluding tert-OH is 1. The first-order chi connectivity index (χ1) is 25.4. The summed E-state index contributed by atoms with van der Waals surface area (Å²) < 4.78 is 13.0. The highest BCUT2D eigenvalue weighted by Gasteiger charge is 2.32. The molecular weight excluding hydrogens is 675 g/mol. The van der Waals surface area contributed by atoms with Crippen LogP contribution in [0.2, 0.25) is 0 Å². The molecule has 1 aromatic heterocycles. The van der Waals surface area contributed by atoms with E-state index in [-0.39, 0.29) is 30.6 Å². The van der Waals surface area contributed by atoms with E-state index in [1.165, 1.54) is 0 Å². The Morgan fingerprint density at radius 3 is 2.25 bits per heavy atom. The zero-order valence-corrected chi connectivity index (χ0v) is 29.6. The number of nitrogens with zero attached hydrogens (tertiary/aromatic N) is 2. The first-order valence-corrected chi connectivity index (χ1v) is 18.4. The van der Waals surface area contributed by atoms with Gasteiger partial charge in [0.1, 0.15) is 0 Å². The summed E-state index contributed by atoms with van der Waals surface area (Å²) in [6, 6.07) is 33.0. The van der Waals surface area contributed by atoms with Gasteiger partial charge in [0.25, 0.3) is 0 Å². The number of aliphatic hydroxyl groups is 1. The Hall–Kier alpha value is -5.07. The Bertz CT molecular complexity index is 1910. The second-order valence-electron chi connectivity index (χ2n) is 12.6. The Kier molecular flexibility index (Phi) is 13.0. The SMILES string of the molecule is Nc1ccccc1NC(=O)CCCCC(=O)NCc1ccccc1-c1ccc([C@@H]2O[C@H](CSc3ncccn3)C[C@H](c3ccc(CO)cc3)O2)cc1. The number of rotatable bonds is 15. The van der Waals surface area contributed by atoms with E-state index >= 15 is 0 Å². The van der Waals surface area contributed by atoms with Crippen LogP contribution >= 0.6 is 11.8 Å². The van der Waals surface area contributed by atoms with E-state index < -0.39 is 6.29 Å². The van der Waals surface area contributed by atoms with Gasteiger partial charge in [0.15, 0.2) is 11.4 Å². The van der Waals surface area contributed by atoms with Gasteiger partial charge in [-0.05, 0) is 58.9 Å². The summed E-state index contributed by atoms with van der Waals surface area (Å²) in [6.45, 7) is 0.379. The van der Waals surface area contributed by atoms with E-state index in [0.29, 0.717) is 60.9 Å². The highest BCUT2D eigenvalue weighted by atomic mass is 32.2. The molecule has 0 saturated carbocycles. The van der Waals surface area contributed by atoms with Crippen molar-refractivity contribution < 1.29 is 24.2 Å². The highest BCUT2D eigenvalue weighted by molar-refractivity contribution is 7.99. The summed E-state index contributed by atoms with van der Waals surface area (Å²) in [5.41, 5.74) is 12.8. The molecule has 0 radical (unpaired) electrons. The van der Waals surface area contributed by atoms with Gasteiger partial charge in [-0.25, -0.2) is 9.97 Å². The molecule has 5 N–H and O–H groups in total. The van der Waals surface area contributed by atoms with Gasteiger partial charge in [-0.3, -0.25) is 9.59 Å². The number of carbonyl (C=O) groups excluding carboxylic acids is 2. The van der Waals surface area contributed by atoms with Crippen LogP contribution in [-0.2, 0) is 32.2 Å². The molecule has 11 heteroatoms. The van der Waals surface area contributed by atoms with Gasteiger partial charge in [-0.15, -0.1) is 0 Å². The van der Waals surface area contributed by atoms with Crippen molar-refractivity contribution in [3.63, 3.8) is 0 Å². The molecule has 1 fully saturated rings. The number of nitrogens with two attached hydrogens (primary N) is 1. The summed E-state index contributed by atoms with van der Waals surface area (Å²) in [5.74, 6) is 0.493. The van der Waals surface area contributed by atoms with Crippen molar-refractivity contribution in [2.45, 2.75) is 68.9 Å². The number of nitrogen functional groups attached to an aromatic ring is 1. The molecule has 1 saturated heterocycles. The number of nitrogens with one attached hydrogen (secondary N) is 2. The van der Waals surface area contributed by atoms with Crippen LogP contribution in [0.4, 0.5) is 11.4 Å². The third-order valence-electron chi connectivity index (χ3n) is 8.84. The van der Waals surface area contributed by atoms with Crippen molar-refractivity contribution in [2.24, 2.45) is 0 Å². The number of thioether (sulfide) groups is 1. The van der Waals surface area contributed by atoms with E-state index in [0.717, 1.165) is 33.4 Å².